The topological polar surface area (TPSA) is 52.6 Å². The van der Waals surface area contributed by atoms with Crippen LogP contribution < -0.4 is 5.32 Å². The lowest BCUT2D eigenvalue weighted by Gasteiger charge is -2.24. The molecule has 0 heterocycles. The van der Waals surface area contributed by atoms with Crippen molar-refractivity contribution in [1.82, 2.24) is 10.2 Å². The van der Waals surface area contributed by atoms with E-state index < -0.39 is 0 Å². The van der Waals surface area contributed by atoms with E-state index in [2.05, 4.69) is 17.4 Å². The first-order valence-corrected chi connectivity index (χ1v) is 9.44. The van der Waals surface area contributed by atoms with Crippen LogP contribution in [-0.2, 0) is 11.2 Å². The molecule has 1 aromatic carbocycles. The van der Waals surface area contributed by atoms with Crippen LogP contribution in [0, 0.1) is 0 Å². The van der Waals surface area contributed by atoms with Gasteiger partial charge in [-0.1, -0.05) is 62.4 Å². The quantitative estimate of drug-likeness (QED) is 0.770. The highest BCUT2D eigenvalue weighted by Crippen LogP contribution is 2.17. The molecule has 0 bridgehead atoms. The molecule has 134 valence electrons. The van der Waals surface area contributed by atoms with Gasteiger partial charge in [-0.2, -0.15) is 0 Å². The maximum atomic E-state index is 12.4. The second-order valence-electron chi connectivity index (χ2n) is 6.84. The van der Waals surface area contributed by atoms with Crippen molar-refractivity contribution in [2.75, 3.05) is 26.2 Å². The minimum absolute atomic E-state index is 0.0888. The zero-order valence-electron chi connectivity index (χ0n) is 14.8. The third-order valence-corrected chi connectivity index (χ3v) is 4.81. The van der Waals surface area contributed by atoms with E-state index in [9.17, 15) is 9.90 Å². The van der Waals surface area contributed by atoms with Gasteiger partial charge in [-0.05, 0) is 24.8 Å². The number of nitrogens with zero attached hydrogens (tertiary/aromatic N) is 1. The maximum Gasteiger partial charge on any atom is 0.234 e. The zero-order chi connectivity index (χ0) is 17.0. The summed E-state index contributed by atoms with van der Waals surface area (Å²) in [6.07, 6.45) is 9.48. The van der Waals surface area contributed by atoms with Crippen molar-refractivity contribution >= 4 is 5.91 Å². The molecule has 0 spiro atoms. The van der Waals surface area contributed by atoms with E-state index in [1.807, 2.05) is 23.1 Å². The third kappa shape index (κ3) is 7.45. The summed E-state index contributed by atoms with van der Waals surface area (Å²) in [4.78, 5) is 14.4. The Morgan fingerprint density at radius 1 is 1.04 bits per heavy atom. The number of carbonyl (C=O) groups is 1. The Morgan fingerprint density at radius 3 is 2.38 bits per heavy atom. The van der Waals surface area contributed by atoms with Crippen LogP contribution in [0.15, 0.2) is 30.3 Å². The summed E-state index contributed by atoms with van der Waals surface area (Å²) >= 11 is 0. The van der Waals surface area contributed by atoms with E-state index >= 15 is 0 Å². The van der Waals surface area contributed by atoms with Crippen molar-refractivity contribution in [2.45, 2.75) is 57.4 Å². The summed E-state index contributed by atoms with van der Waals surface area (Å²) in [7, 11) is 0. The molecule has 0 radical (unpaired) electrons. The fourth-order valence-electron chi connectivity index (χ4n) is 3.42. The molecule has 1 aliphatic carbocycles. The highest BCUT2D eigenvalue weighted by molar-refractivity contribution is 5.78. The first kappa shape index (κ1) is 18.9. The molecular weight excluding hydrogens is 300 g/mol. The lowest BCUT2D eigenvalue weighted by atomic mass is 9.97. The average molecular weight is 332 g/mol. The van der Waals surface area contributed by atoms with E-state index in [1.165, 1.54) is 37.7 Å². The van der Waals surface area contributed by atoms with Crippen molar-refractivity contribution in [1.29, 1.82) is 0 Å². The second kappa shape index (κ2) is 11.2. The van der Waals surface area contributed by atoms with Crippen LogP contribution in [0.25, 0.3) is 0 Å². The first-order valence-electron chi connectivity index (χ1n) is 9.44. The van der Waals surface area contributed by atoms with Crippen LogP contribution >= 0.6 is 0 Å². The number of carbonyl (C=O) groups excluding carboxylic acids is 1. The Balaban J connectivity index is 1.76. The number of hydrogen-bond donors (Lipinski definition) is 2. The lowest BCUT2D eigenvalue weighted by Crippen LogP contribution is -2.43. The summed E-state index contributed by atoms with van der Waals surface area (Å²) in [6.45, 7) is 1.81. The van der Waals surface area contributed by atoms with Gasteiger partial charge in [0.05, 0.1) is 13.2 Å². The molecule has 0 saturated heterocycles. The summed E-state index contributed by atoms with van der Waals surface area (Å²) in [6, 6.07) is 10.6. The van der Waals surface area contributed by atoms with E-state index in [0.29, 0.717) is 19.1 Å². The van der Waals surface area contributed by atoms with Gasteiger partial charge >= 0.3 is 0 Å². The molecular formula is C20H32N2O2. The highest BCUT2D eigenvalue weighted by Gasteiger charge is 2.16. The number of nitrogens with one attached hydrogen (secondary N) is 1. The van der Waals surface area contributed by atoms with Gasteiger partial charge in [0.15, 0.2) is 0 Å². The number of amides is 1. The number of aliphatic hydroxyl groups is 1. The van der Waals surface area contributed by atoms with Gasteiger partial charge in [0, 0.05) is 19.1 Å². The van der Waals surface area contributed by atoms with Gasteiger partial charge in [0.25, 0.3) is 0 Å². The number of hydrogen-bond acceptors (Lipinski definition) is 3. The van der Waals surface area contributed by atoms with Crippen molar-refractivity contribution in [3.8, 4) is 0 Å². The number of rotatable bonds is 8. The van der Waals surface area contributed by atoms with Gasteiger partial charge in [-0.15, -0.1) is 0 Å². The zero-order valence-corrected chi connectivity index (χ0v) is 14.8. The maximum absolute atomic E-state index is 12.4. The SMILES string of the molecule is O=C(CN(CCO)CCc1ccccc1)NC1CCCCCCC1. The third-order valence-electron chi connectivity index (χ3n) is 4.81. The molecule has 2 rings (SSSR count). The molecule has 1 aliphatic rings. The van der Waals surface area contributed by atoms with Crippen LogP contribution in [0.2, 0.25) is 0 Å². The Morgan fingerprint density at radius 2 is 1.71 bits per heavy atom. The van der Waals surface area contributed by atoms with E-state index in [0.717, 1.165) is 25.8 Å². The van der Waals surface area contributed by atoms with Gasteiger partial charge in [-0.25, -0.2) is 0 Å². The Kier molecular flexibility index (Phi) is 8.85. The van der Waals surface area contributed by atoms with Crippen LogP contribution in [-0.4, -0.2) is 48.2 Å². The van der Waals surface area contributed by atoms with Gasteiger partial charge < -0.3 is 10.4 Å². The molecule has 1 amide bonds. The Hall–Kier alpha value is -1.39. The molecule has 0 atom stereocenters. The van der Waals surface area contributed by atoms with Gasteiger partial charge in [0.1, 0.15) is 0 Å². The van der Waals surface area contributed by atoms with E-state index in [4.69, 9.17) is 0 Å². The largest absolute Gasteiger partial charge is 0.395 e. The predicted octanol–water partition coefficient (Wildman–Crippen LogP) is 2.75. The number of aliphatic hydroxyl groups excluding tert-OH is 1. The van der Waals surface area contributed by atoms with Crippen LogP contribution in [0.5, 0.6) is 0 Å². The fourth-order valence-corrected chi connectivity index (χ4v) is 3.42. The van der Waals surface area contributed by atoms with E-state index in [1.54, 1.807) is 0 Å². The predicted molar refractivity (Wildman–Crippen MR) is 97.9 cm³/mol. The van der Waals surface area contributed by atoms with Crippen LogP contribution in [0.3, 0.4) is 0 Å². The minimum Gasteiger partial charge on any atom is -0.395 e. The number of benzene rings is 1. The first-order chi connectivity index (χ1) is 11.8. The van der Waals surface area contributed by atoms with Gasteiger partial charge in [0.2, 0.25) is 5.91 Å². The Bertz CT molecular complexity index is 456. The molecule has 24 heavy (non-hydrogen) atoms. The molecule has 0 unspecified atom stereocenters. The molecule has 4 heteroatoms. The molecule has 1 saturated carbocycles. The summed E-state index contributed by atoms with van der Waals surface area (Å²) < 4.78 is 0. The van der Waals surface area contributed by atoms with Crippen molar-refractivity contribution in [3.05, 3.63) is 35.9 Å². The summed E-state index contributed by atoms with van der Waals surface area (Å²) in [5.41, 5.74) is 1.26. The molecule has 2 N–H and O–H groups in total. The fraction of sp³-hybridized carbons (Fsp3) is 0.650. The highest BCUT2D eigenvalue weighted by atomic mass is 16.3. The summed E-state index contributed by atoms with van der Waals surface area (Å²) in [5, 5.41) is 12.5. The lowest BCUT2D eigenvalue weighted by molar-refractivity contribution is -0.123. The molecule has 1 fully saturated rings. The monoisotopic (exact) mass is 332 g/mol. The van der Waals surface area contributed by atoms with Crippen molar-refractivity contribution in [2.24, 2.45) is 0 Å². The molecule has 0 aliphatic heterocycles. The van der Waals surface area contributed by atoms with Gasteiger partial charge in [-0.3, -0.25) is 9.69 Å². The Labute approximate surface area is 146 Å². The molecule has 1 aromatic rings. The van der Waals surface area contributed by atoms with Crippen molar-refractivity contribution < 1.29 is 9.90 Å². The van der Waals surface area contributed by atoms with E-state index in [-0.39, 0.29) is 12.5 Å². The average Bonchev–Trinajstić information content (AvgIpc) is 2.56. The smallest absolute Gasteiger partial charge is 0.234 e. The standard InChI is InChI=1S/C20H32N2O2/c23-16-15-22(14-13-18-9-5-4-6-10-18)17-20(24)21-19-11-7-2-1-3-8-12-19/h4-6,9-10,19,23H,1-3,7-8,11-17H2,(H,21,24). The minimum atomic E-state index is 0.0888. The molecule has 4 nitrogen and oxygen atoms in total. The van der Waals surface area contributed by atoms with Crippen LogP contribution in [0.1, 0.15) is 50.5 Å². The summed E-state index contributed by atoms with van der Waals surface area (Å²) in [5.74, 6) is 0.0992. The second-order valence-corrected chi connectivity index (χ2v) is 6.84. The van der Waals surface area contributed by atoms with Crippen molar-refractivity contribution in [3.63, 3.8) is 0 Å². The van der Waals surface area contributed by atoms with Crippen LogP contribution in [0.4, 0.5) is 0 Å². The molecule has 0 aromatic heterocycles. The normalized spacial score (nSPS) is 16.6.